The van der Waals surface area contributed by atoms with E-state index in [0.717, 1.165) is 24.7 Å². The Balaban J connectivity index is 4.15. The number of aldehydes is 2. The second-order valence-electron chi connectivity index (χ2n) is 5.03. The lowest BCUT2D eigenvalue weighted by molar-refractivity contribution is -0.108. The largest absolute Gasteiger partial charge is 0.455 e. The van der Waals surface area contributed by atoms with Gasteiger partial charge in [0.25, 0.3) is 0 Å². The van der Waals surface area contributed by atoms with Crippen molar-refractivity contribution in [2.75, 3.05) is 0 Å². The third-order valence-corrected chi connectivity index (χ3v) is 9.69. The average molecular weight is 246 g/mol. The van der Waals surface area contributed by atoms with Crippen LogP contribution in [0.5, 0.6) is 0 Å². The number of carbonyl (C=O) groups is 2. The van der Waals surface area contributed by atoms with Crippen LogP contribution in [-0.2, 0) is 13.7 Å². The van der Waals surface area contributed by atoms with E-state index in [0.29, 0.717) is 12.8 Å². The molecule has 0 rings (SSSR count). The molecule has 3 nitrogen and oxygen atoms in total. The number of hydrogen-bond acceptors (Lipinski definition) is 3. The Kier molecular flexibility index (Phi) is 6.23. The maximum Gasteiger partial charge on any atom is 0.173 e. The average Bonchev–Trinajstić information content (AvgIpc) is 2.10. The van der Waals surface area contributed by atoms with Crippen LogP contribution in [0.4, 0.5) is 0 Å². The third-order valence-electron chi connectivity index (χ3n) is 2.28. The number of hydrogen-bond donors (Lipinski definition) is 0. The summed E-state index contributed by atoms with van der Waals surface area (Å²) >= 11 is 0. The van der Waals surface area contributed by atoms with Crippen molar-refractivity contribution in [3.8, 4) is 0 Å². The number of rotatable bonds is 8. The highest BCUT2D eigenvalue weighted by Gasteiger charge is 2.32. The van der Waals surface area contributed by atoms with E-state index in [9.17, 15) is 9.59 Å². The first kappa shape index (κ1) is 14.7. The molecule has 0 heterocycles. The van der Waals surface area contributed by atoms with Crippen LogP contribution < -0.4 is 0 Å². The Hall–Kier alpha value is -0.266. The van der Waals surface area contributed by atoms with Gasteiger partial charge in [0.15, 0.2) is 16.6 Å². The Morgan fingerprint density at radius 3 is 1.47 bits per heavy atom. The zero-order valence-corrected chi connectivity index (χ0v) is 12.2. The topological polar surface area (TPSA) is 43.4 Å². The van der Waals surface area contributed by atoms with E-state index in [1.807, 2.05) is 0 Å². The molecule has 0 aromatic heterocycles. The Bertz CT molecular complexity index is 193. The maximum atomic E-state index is 10.3. The Morgan fingerprint density at radius 2 is 1.20 bits per heavy atom. The van der Waals surface area contributed by atoms with E-state index in [-0.39, 0.29) is 0 Å². The maximum absolute atomic E-state index is 10.3. The monoisotopic (exact) mass is 246 g/mol. The van der Waals surface area contributed by atoms with Crippen LogP contribution in [-0.4, -0.2) is 29.2 Å². The summed E-state index contributed by atoms with van der Waals surface area (Å²) < 4.78 is 6.19. The van der Waals surface area contributed by atoms with Crippen LogP contribution in [0.15, 0.2) is 0 Å². The first-order valence-corrected chi connectivity index (χ1v) is 11.6. The summed E-state index contributed by atoms with van der Waals surface area (Å²) in [5, 5.41) is 0. The zero-order chi connectivity index (χ0) is 11.9. The van der Waals surface area contributed by atoms with Crippen molar-refractivity contribution in [1.82, 2.24) is 0 Å². The number of carbonyl (C=O) groups excluding carboxylic acids is 2. The van der Waals surface area contributed by atoms with Crippen molar-refractivity contribution < 1.29 is 13.7 Å². The van der Waals surface area contributed by atoms with E-state index in [4.69, 9.17) is 4.12 Å². The summed E-state index contributed by atoms with van der Waals surface area (Å²) in [4.78, 5) is 20.6. The van der Waals surface area contributed by atoms with Crippen molar-refractivity contribution in [1.29, 1.82) is 0 Å². The Morgan fingerprint density at radius 1 is 0.867 bits per heavy atom. The van der Waals surface area contributed by atoms with Crippen molar-refractivity contribution in [2.24, 2.45) is 0 Å². The molecule has 0 aliphatic rings. The fraction of sp³-hybridized carbons (Fsp3) is 0.800. The van der Waals surface area contributed by atoms with E-state index >= 15 is 0 Å². The molecule has 0 amide bonds. The van der Waals surface area contributed by atoms with Crippen LogP contribution in [0, 0.1) is 0 Å². The third kappa shape index (κ3) is 7.64. The van der Waals surface area contributed by atoms with Gasteiger partial charge in [-0.15, -0.1) is 0 Å². The molecule has 0 aromatic rings. The molecule has 0 radical (unpaired) electrons. The van der Waals surface area contributed by atoms with E-state index in [1.54, 1.807) is 0 Å². The molecule has 0 aliphatic heterocycles. The summed E-state index contributed by atoms with van der Waals surface area (Å²) in [6.07, 6.45) is 3.10. The van der Waals surface area contributed by atoms with Gasteiger partial charge in [0, 0.05) is 12.8 Å². The van der Waals surface area contributed by atoms with Gasteiger partial charge in [-0.05, 0) is 38.3 Å². The molecule has 0 saturated heterocycles. The minimum Gasteiger partial charge on any atom is -0.455 e. The minimum atomic E-state index is -1.70. The molecule has 0 aromatic carbocycles. The molecule has 0 unspecified atom stereocenters. The van der Waals surface area contributed by atoms with Gasteiger partial charge in [-0.2, -0.15) is 0 Å². The lowest BCUT2D eigenvalue weighted by Crippen LogP contribution is -2.44. The quantitative estimate of drug-likeness (QED) is 0.488. The van der Waals surface area contributed by atoms with E-state index in [2.05, 4.69) is 26.2 Å². The second-order valence-corrected chi connectivity index (χ2v) is 13.9. The van der Waals surface area contributed by atoms with Crippen LogP contribution >= 0.6 is 0 Å². The molecule has 88 valence electrons. The first-order chi connectivity index (χ1) is 6.83. The Labute approximate surface area is 94.5 Å². The predicted molar refractivity (Wildman–Crippen MR) is 67.0 cm³/mol. The molecule has 0 saturated carbocycles. The van der Waals surface area contributed by atoms with Crippen molar-refractivity contribution >= 4 is 29.2 Å². The van der Waals surface area contributed by atoms with Gasteiger partial charge in [0.1, 0.15) is 12.6 Å². The van der Waals surface area contributed by atoms with Crippen molar-refractivity contribution in [3.63, 3.8) is 0 Å². The highest BCUT2D eigenvalue weighted by atomic mass is 28.4. The van der Waals surface area contributed by atoms with Gasteiger partial charge in [-0.3, -0.25) is 0 Å². The first-order valence-electron chi connectivity index (χ1n) is 5.40. The minimum absolute atomic E-state index is 0.595. The summed E-state index contributed by atoms with van der Waals surface area (Å²) in [6, 6.07) is 1.77. The van der Waals surface area contributed by atoms with Gasteiger partial charge in [0.05, 0.1) is 0 Å². The molecule has 0 bridgehead atoms. The lowest BCUT2D eigenvalue weighted by atomic mass is 10.6. The fourth-order valence-electron chi connectivity index (χ4n) is 1.66. The molecule has 5 heteroatoms. The highest BCUT2D eigenvalue weighted by Crippen LogP contribution is 2.22. The van der Waals surface area contributed by atoms with Crippen LogP contribution in [0.1, 0.15) is 12.8 Å². The van der Waals surface area contributed by atoms with Gasteiger partial charge in [-0.1, -0.05) is 0 Å². The van der Waals surface area contributed by atoms with Gasteiger partial charge in [-0.25, -0.2) is 0 Å². The molecule has 15 heavy (non-hydrogen) atoms. The summed E-state index contributed by atoms with van der Waals surface area (Å²) in [5.74, 6) is 0. The lowest BCUT2D eigenvalue weighted by Gasteiger charge is -2.33. The highest BCUT2D eigenvalue weighted by molar-refractivity contribution is 6.84. The molecular formula is C10H22O3Si2. The summed E-state index contributed by atoms with van der Waals surface area (Å²) in [6.45, 7) is 8.58. The van der Waals surface area contributed by atoms with Crippen molar-refractivity contribution in [2.45, 2.75) is 51.1 Å². The molecule has 0 fully saturated rings. The molecule has 0 atom stereocenters. The van der Waals surface area contributed by atoms with E-state index in [1.165, 1.54) is 0 Å². The van der Waals surface area contributed by atoms with Gasteiger partial charge >= 0.3 is 0 Å². The van der Waals surface area contributed by atoms with Gasteiger partial charge < -0.3 is 13.7 Å². The second kappa shape index (κ2) is 6.35. The zero-order valence-electron chi connectivity index (χ0n) is 10.2. The molecule has 0 aliphatic carbocycles. The van der Waals surface area contributed by atoms with Gasteiger partial charge in [0.2, 0.25) is 0 Å². The fourth-order valence-corrected chi connectivity index (χ4v) is 10.1. The van der Waals surface area contributed by atoms with Crippen LogP contribution in [0.3, 0.4) is 0 Å². The SMILES string of the molecule is C[Si](C)(CCC=O)O[Si](C)(C)CCC=O. The van der Waals surface area contributed by atoms with Crippen molar-refractivity contribution in [3.05, 3.63) is 0 Å². The van der Waals surface area contributed by atoms with E-state index < -0.39 is 16.6 Å². The predicted octanol–water partition coefficient (Wildman–Crippen LogP) is 2.59. The molecule has 0 N–H and O–H groups in total. The smallest absolute Gasteiger partial charge is 0.173 e. The molecular weight excluding hydrogens is 224 g/mol. The molecule has 0 spiro atoms. The summed E-state index contributed by atoms with van der Waals surface area (Å²) in [7, 11) is -3.39. The summed E-state index contributed by atoms with van der Waals surface area (Å²) in [5.41, 5.74) is 0. The van der Waals surface area contributed by atoms with Crippen LogP contribution in [0.25, 0.3) is 0 Å². The van der Waals surface area contributed by atoms with Crippen LogP contribution in [0.2, 0.25) is 38.3 Å². The standard InChI is InChI=1S/C10H22O3Si2/c1-14(2,9-5-7-11)13-15(3,4)10-6-8-12/h7-8H,5-6,9-10H2,1-4H3. The normalized spacial score (nSPS) is 12.5.